The van der Waals surface area contributed by atoms with Gasteiger partial charge in [-0.15, -0.1) is 0 Å². The van der Waals surface area contributed by atoms with Crippen LogP contribution < -0.4 is 0 Å². The zero-order valence-corrected chi connectivity index (χ0v) is 20.0. The third kappa shape index (κ3) is 5.94. The minimum absolute atomic E-state index is 0.222. The van der Waals surface area contributed by atoms with Crippen LogP contribution in [0.25, 0.3) is 10.8 Å². The average molecular weight is 439 g/mol. The highest BCUT2D eigenvalue weighted by Crippen LogP contribution is 2.37. The Kier molecular flexibility index (Phi) is 8.01. The molecule has 170 valence electrons. The zero-order chi connectivity index (χ0) is 23.0. The van der Waals surface area contributed by atoms with Crippen LogP contribution in [0, 0.1) is 23.6 Å². The van der Waals surface area contributed by atoms with Gasteiger partial charge in [0.2, 0.25) is 0 Å². The van der Waals surface area contributed by atoms with Crippen LogP contribution in [0.1, 0.15) is 87.0 Å². The van der Waals surface area contributed by atoms with Crippen LogP contribution in [0.3, 0.4) is 0 Å². The van der Waals surface area contributed by atoms with Crippen LogP contribution in [0.5, 0.6) is 0 Å². The molecule has 1 saturated carbocycles. The van der Waals surface area contributed by atoms with E-state index < -0.39 is 0 Å². The summed E-state index contributed by atoms with van der Waals surface area (Å²) in [7, 11) is 0. The van der Waals surface area contributed by atoms with Gasteiger partial charge < -0.3 is 0 Å². The molecule has 1 aliphatic carbocycles. The molecule has 0 saturated heterocycles. The molecule has 0 radical (unpaired) electrons. The van der Waals surface area contributed by atoms with Gasteiger partial charge in [-0.2, -0.15) is 0 Å². The van der Waals surface area contributed by atoms with E-state index >= 15 is 4.39 Å². The molecule has 0 N–H and O–H groups in total. The second-order valence-electron chi connectivity index (χ2n) is 9.47. The monoisotopic (exact) mass is 438 g/mol. The van der Waals surface area contributed by atoms with E-state index in [0.717, 1.165) is 29.7 Å². The maximum atomic E-state index is 15.1. The summed E-state index contributed by atoms with van der Waals surface area (Å²) in [4.78, 5) is 0. The summed E-state index contributed by atoms with van der Waals surface area (Å²) in [5, 5.41) is 1.58. The van der Waals surface area contributed by atoms with Crippen molar-refractivity contribution in [3.63, 3.8) is 0 Å². The molecule has 3 aromatic rings. The Morgan fingerprint density at radius 2 is 1.73 bits per heavy atom. The largest absolute Gasteiger partial charge is 0.205 e. The van der Waals surface area contributed by atoms with Crippen molar-refractivity contribution >= 4 is 10.8 Å². The van der Waals surface area contributed by atoms with Crippen molar-refractivity contribution in [3.05, 3.63) is 94.8 Å². The third-order valence-corrected chi connectivity index (χ3v) is 7.12. The fourth-order valence-electron chi connectivity index (χ4n) is 5.18. The molecule has 0 amide bonds. The SMILES string of the molecule is C/C=C/CCc1ccc2c(F)c(C#Cc3ccc(C4CCC(CCC)CC4)cc3)ccc2c1. The lowest BCUT2D eigenvalue weighted by Crippen LogP contribution is -2.13. The summed E-state index contributed by atoms with van der Waals surface area (Å²) in [5.74, 6) is 7.62. The maximum absolute atomic E-state index is 15.1. The molecule has 0 atom stereocenters. The van der Waals surface area contributed by atoms with E-state index in [-0.39, 0.29) is 5.82 Å². The van der Waals surface area contributed by atoms with Crippen molar-refractivity contribution in [3.8, 4) is 11.8 Å². The van der Waals surface area contributed by atoms with E-state index in [4.69, 9.17) is 0 Å². The van der Waals surface area contributed by atoms with Gasteiger partial charge in [-0.1, -0.05) is 80.2 Å². The van der Waals surface area contributed by atoms with Gasteiger partial charge >= 0.3 is 0 Å². The van der Waals surface area contributed by atoms with Crippen molar-refractivity contribution in [2.24, 2.45) is 5.92 Å². The molecule has 1 aliphatic rings. The van der Waals surface area contributed by atoms with Crippen LogP contribution in [-0.2, 0) is 6.42 Å². The summed E-state index contributed by atoms with van der Waals surface area (Å²) in [6.45, 7) is 4.32. The first-order valence-electron chi connectivity index (χ1n) is 12.6. The standard InChI is InChI=1S/C32H35F/c1-3-5-6-8-26-14-22-31-30(23-26)21-20-29(32(31)33)19-13-25-11-17-28(18-12-25)27-15-9-24(7-4-2)10-16-27/h3,5,11-12,14,17-18,20-24,27H,4,6-10,15-16H2,1-2H3/b5-3+. The van der Waals surface area contributed by atoms with Crippen molar-refractivity contribution in [1.82, 2.24) is 0 Å². The summed E-state index contributed by atoms with van der Waals surface area (Å²) in [6, 6.07) is 18.4. The molecule has 4 rings (SSSR count). The predicted octanol–water partition coefficient (Wildman–Crippen LogP) is 8.96. The molecule has 0 nitrogen and oxygen atoms in total. The minimum Gasteiger partial charge on any atom is -0.205 e. The quantitative estimate of drug-likeness (QED) is 0.266. The van der Waals surface area contributed by atoms with Gasteiger partial charge in [0.25, 0.3) is 0 Å². The lowest BCUT2D eigenvalue weighted by Gasteiger charge is -2.28. The van der Waals surface area contributed by atoms with Gasteiger partial charge in [0, 0.05) is 10.9 Å². The molecule has 0 aromatic heterocycles. The Morgan fingerprint density at radius 3 is 2.45 bits per heavy atom. The minimum atomic E-state index is -0.222. The molecule has 1 heteroatoms. The average Bonchev–Trinajstić information content (AvgIpc) is 2.85. The van der Waals surface area contributed by atoms with Crippen molar-refractivity contribution in [2.75, 3.05) is 0 Å². The van der Waals surface area contributed by atoms with Crippen molar-refractivity contribution in [2.45, 2.75) is 71.1 Å². The van der Waals surface area contributed by atoms with Crippen LogP contribution >= 0.6 is 0 Å². The molecule has 0 heterocycles. The Bertz CT molecular complexity index is 1150. The van der Waals surface area contributed by atoms with E-state index in [0.29, 0.717) is 16.9 Å². The number of fused-ring (bicyclic) bond motifs is 1. The van der Waals surface area contributed by atoms with Crippen LogP contribution in [-0.4, -0.2) is 0 Å². The number of allylic oxidation sites excluding steroid dienone is 2. The van der Waals surface area contributed by atoms with Gasteiger partial charge in [0.05, 0.1) is 5.56 Å². The van der Waals surface area contributed by atoms with E-state index in [9.17, 15) is 0 Å². The van der Waals surface area contributed by atoms with E-state index in [1.807, 2.05) is 31.2 Å². The first-order valence-corrected chi connectivity index (χ1v) is 12.6. The van der Waals surface area contributed by atoms with E-state index in [1.54, 1.807) is 0 Å². The van der Waals surface area contributed by atoms with Crippen molar-refractivity contribution < 1.29 is 4.39 Å². The Hall–Kier alpha value is -2.85. The van der Waals surface area contributed by atoms with Crippen molar-refractivity contribution in [1.29, 1.82) is 0 Å². The number of benzene rings is 3. The number of halogens is 1. The van der Waals surface area contributed by atoms with Gasteiger partial charge in [-0.3, -0.25) is 0 Å². The van der Waals surface area contributed by atoms with Gasteiger partial charge in [0.1, 0.15) is 5.82 Å². The summed E-state index contributed by atoms with van der Waals surface area (Å²) < 4.78 is 15.1. The molecule has 0 aliphatic heterocycles. The fraction of sp³-hybridized carbons (Fsp3) is 0.375. The molecule has 33 heavy (non-hydrogen) atoms. The Labute approximate surface area is 198 Å². The molecule has 0 spiro atoms. The normalized spacial score (nSPS) is 18.4. The highest BCUT2D eigenvalue weighted by molar-refractivity contribution is 5.85. The number of rotatable bonds is 6. The molecule has 3 aromatic carbocycles. The summed E-state index contributed by atoms with van der Waals surface area (Å²) >= 11 is 0. The highest BCUT2D eigenvalue weighted by atomic mass is 19.1. The fourth-order valence-corrected chi connectivity index (χ4v) is 5.18. The summed E-state index contributed by atoms with van der Waals surface area (Å²) in [5.41, 5.74) is 4.06. The lowest BCUT2D eigenvalue weighted by molar-refractivity contribution is 0.308. The highest BCUT2D eigenvalue weighted by Gasteiger charge is 2.21. The van der Waals surface area contributed by atoms with Gasteiger partial charge in [0.15, 0.2) is 0 Å². The smallest absolute Gasteiger partial charge is 0.146 e. The second kappa shape index (κ2) is 11.3. The zero-order valence-electron chi connectivity index (χ0n) is 20.0. The van der Waals surface area contributed by atoms with Gasteiger partial charge in [-0.25, -0.2) is 4.39 Å². The van der Waals surface area contributed by atoms with Crippen LogP contribution in [0.4, 0.5) is 4.39 Å². The molecule has 0 unspecified atom stereocenters. The molecule has 0 bridgehead atoms. The Balaban J connectivity index is 1.44. The maximum Gasteiger partial charge on any atom is 0.146 e. The molecular weight excluding hydrogens is 403 g/mol. The van der Waals surface area contributed by atoms with Gasteiger partial charge in [-0.05, 0) is 92.0 Å². The van der Waals surface area contributed by atoms with Crippen LogP contribution in [0.15, 0.2) is 66.7 Å². The second-order valence-corrected chi connectivity index (χ2v) is 9.47. The van der Waals surface area contributed by atoms with Crippen LogP contribution in [0.2, 0.25) is 0 Å². The van der Waals surface area contributed by atoms with E-state index in [2.05, 4.69) is 61.2 Å². The number of hydrogen-bond acceptors (Lipinski definition) is 0. The lowest BCUT2D eigenvalue weighted by atomic mass is 9.77. The first-order chi connectivity index (χ1) is 16.2. The molecular formula is C32H35F. The number of aryl methyl sites for hydroxylation is 1. The Morgan fingerprint density at radius 1 is 0.939 bits per heavy atom. The third-order valence-electron chi connectivity index (χ3n) is 7.12. The predicted molar refractivity (Wildman–Crippen MR) is 139 cm³/mol. The number of hydrogen-bond donors (Lipinski definition) is 0. The molecule has 1 fully saturated rings. The topological polar surface area (TPSA) is 0 Å². The first kappa shape index (κ1) is 23.3. The van der Waals surface area contributed by atoms with E-state index in [1.165, 1.54) is 49.7 Å². The summed E-state index contributed by atoms with van der Waals surface area (Å²) in [6.07, 6.45) is 14.2.